The molecule has 0 saturated heterocycles. The molecule has 0 saturated carbocycles. The van der Waals surface area contributed by atoms with E-state index in [0.717, 1.165) is 17.0 Å². The van der Waals surface area contributed by atoms with Crippen LogP contribution in [0.5, 0.6) is 0 Å². The summed E-state index contributed by atoms with van der Waals surface area (Å²) in [5, 5.41) is 16.7. The average Bonchev–Trinajstić information content (AvgIpc) is 2.49. The number of hydrogen-bond acceptors (Lipinski definition) is 4. The van der Waals surface area contributed by atoms with E-state index in [2.05, 4.69) is 10.5 Å². The molecule has 1 aliphatic heterocycles. The quantitative estimate of drug-likeness (QED) is 0.678. The lowest BCUT2D eigenvalue weighted by atomic mass is 9.97. The highest BCUT2D eigenvalue weighted by atomic mass is 16.5. The monoisotopic (exact) mass is 182 g/mol. The van der Waals surface area contributed by atoms with Crippen LogP contribution in [0, 0.1) is 0 Å². The second-order valence-corrected chi connectivity index (χ2v) is 3.71. The number of aliphatic hydroxyl groups is 1. The van der Waals surface area contributed by atoms with Crippen molar-refractivity contribution in [3.8, 4) is 0 Å². The zero-order chi connectivity index (χ0) is 9.42. The van der Waals surface area contributed by atoms with E-state index in [9.17, 15) is 5.11 Å². The van der Waals surface area contributed by atoms with Gasteiger partial charge in [0.15, 0.2) is 5.76 Å². The third kappa shape index (κ3) is 1.36. The minimum atomic E-state index is -0.465. The topological polar surface area (TPSA) is 58.3 Å². The van der Waals surface area contributed by atoms with E-state index in [1.165, 1.54) is 0 Å². The summed E-state index contributed by atoms with van der Waals surface area (Å²) in [5.41, 5.74) is 1.79. The molecular formula is C9H14N2O2. The van der Waals surface area contributed by atoms with Crippen LogP contribution in [-0.2, 0) is 6.54 Å². The van der Waals surface area contributed by atoms with Crippen molar-refractivity contribution in [3.63, 3.8) is 0 Å². The van der Waals surface area contributed by atoms with E-state index in [0.29, 0.717) is 19.0 Å². The molecule has 13 heavy (non-hydrogen) atoms. The highest BCUT2D eigenvalue weighted by Gasteiger charge is 2.27. The van der Waals surface area contributed by atoms with Crippen molar-refractivity contribution >= 4 is 0 Å². The van der Waals surface area contributed by atoms with Gasteiger partial charge in [-0.1, -0.05) is 19.0 Å². The predicted molar refractivity (Wildman–Crippen MR) is 47.3 cm³/mol. The molecule has 72 valence electrons. The molecule has 0 amide bonds. The molecule has 1 aromatic rings. The molecule has 2 N–H and O–H groups in total. The van der Waals surface area contributed by atoms with Crippen LogP contribution in [0.15, 0.2) is 4.52 Å². The van der Waals surface area contributed by atoms with Crippen molar-refractivity contribution in [2.75, 3.05) is 6.54 Å². The number of aliphatic hydroxyl groups excluding tert-OH is 1. The van der Waals surface area contributed by atoms with E-state index >= 15 is 0 Å². The summed E-state index contributed by atoms with van der Waals surface area (Å²) >= 11 is 0. The van der Waals surface area contributed by atoms with E-state index in [4.69, 9.17) is 4.52 Å². The first-order valence-corrected chi connectivity index (χ1v) is 4.57. The lowest BCUT2D eigenvalue weighted by Gasteiger charge is -2.18. The van der Waals surface area contributed by atoms with Gasteiger partial charge in [0.1, 0.15) is 0 Å². The number of fused-ring (bicyclic) bond motifs is 1. The van der Waals surface area contributed by atoms with Gasteiger partial charge < -0.3 is 14.9 Å². The lowest BCUT2D eigenvalue weighted by Crippen LogP contribution is -2.27. The third-order valence-corrected chi connectivity index (χ3v) is 2.33. The van der Waals surface area contributed by atoms with Crippen LogP contribution < -0.4 is 5.32 Å². The Hall–Kier alpha value is -0.870. The van der Waals surface area contributed by atoms with Crippen LogP contribution in [0.4, 0.5) is 0 Å². The summed E-state index contributed by atoms with van der Waals surface area (Å²) in [6, 6.07) is 0. The number of aromatic nitrogens is 1. The van der Waals surface area contributed by atoms with Crippen LogP contribution in [0.1, 0.15) is 42.9 Å². The summed E-state index contributed by atoms with van der Waals surface area (Å²) in [6.45, 7) is 5.36. The molecule has 0 radical (unpaired) electrons. The van der Waals surface area contributed by atoms with E-state index in [1.54, 1.807) is 0 Å². The Balaban J connectivity index is 2.44. The van der Waals surface area contributed by atoms with Crippen molar-refractivity contribution in [1.29, 1.82) is 0 Å². The summed E-state index contributed by atoms with van der Waals surface area (Å²) in [4.78, 5) is 0. The fourth-order valence-electron chi connectivity index (χ4n) is 1.67. The van der Waals surface area contributed by atoms with E-state index < -0.39 is 6.10 Å². The van der Waals surface area contributed by atoms with E-state index in [1.807, 2.05) is 13.8 Å². The molecular weight excluding hydrogens is 168 g/mol. The maximum absolute atomic E-state index is 9.72. The zero-order valence-electron chi connectivity index (χ0n) is 7.87. The van der Waals surface area contributed by atoms with Crippen LogP contribution in [-0.4, -0.2) is 16.8 Å². The van der Waals surface area contributed by atoms with E-state index in [-0.39, 0.29) is 0 Å². The molecule has 2 heterocycles. The Morgan fingerprint density at radius 3 is 3.08 bits per heavy atom. The minimum Gasteiger partial charge on any atom is -0.387 e. The number of β-amino-alcohol motifs (C(OH)–C–C–N with tert-alkyl or cyclic N) is 1. The number of nitrogens with one attached hydrogen (secondary N) is 1. The first kappa shape index (κ1) is 8.72. The molecule has 0 fully saturated rings. The smallest absolute Gasteiger partial charge is 0.156 e. The largest absolute Gasteiger partial charge is 0.387 e. The van der Waals surface area contributed by atoms with Gasteiger partial charge in [-0.2, -0.15) is 0 Å². The van der Waals surface area contributed by atoms with Gasteiger partial charge in [0, 0.05) is 12.1 Å². The Kier molecular flexibility index (Phi) is 2.09. The van der Waals surface area contributed by atoms with Crippen LogP contribution in [0.2, 0.25) is 0 Å². The SMILES string of the molecule is CC(C)c1noc2c1C(O)CNC2. The fraction of sp³-hybridized carbons (Fsp3) is 0.667. The van der Waals surface area contributed by atoms with Gasteiger partial charge in [0.05, 0.1) is 18.3 Å². The maximum atomic E-state index is 9.72. The number of hydrogen-bond donors (Lipinski definition) is 2. The van der Waals surface area contributed by atoms with Gasteiger partial charge in [0.25, 0.3) is 0 Å². The standard InChI is InChI=1S/C9H14N2O2/c1-5(2)9-8-6(12)3-10-4-7(8)13-11-9/h5-6,10,12H,3-4H2,1-2H3. The zero-order valence-corrected chi connectivity index (χ0v) is 7.87. The molecule has 1 aliphatic rings. The molecule has 4 heteroatoms. The molecule has 2 rings (SSSR count). The first-order chi connectivity index (χ1) is 6.20. The third-order valence-electron chi connectivity index (χ3n) is 2.33. The summed E-state index contributed by atoms with van der Waals surface area (Å²) < 4.78 is 5.15. The minimum absolute atomic E-state index is 0.306. The molecule has 0 bridgehead atoms. The number of nitrogens with zero attached hydrogens (tertiary/aromatic N) is 1. The molecule has 1 aromatic heterocycles. The highest BCUT2D eigenvalue weighted by molar-refractivity contribution is 5.29. The van der Waals surface area contributed by atoms with Gasteiger partial charge in [-0.15, -0.1) is 0 Å². The van der Waals surface area contributed by atoms with Gasteiger partial charge in [0.2, 0.25) is 0 Å². The molecule has 4 nitrogen and oxygen atoms in total. The highest BCUT2D eigenvalue weighted by Crippen LogP contribution is 2.29. The Morgan fingerprint density at radius 1 is 1.62 bits per heavy atom. The summed E-state index contributed by atoms with van der Waals surface area (Å²) in [6.07, 6.45) is -0.465. The molecule has 0 aromatic carbocycles. The van der Waals surface area contributed by atoms with Gasteiger partial charge in [-0.25, -0.2) is 0 Å². The second kappa shape index (κ2) is 3.12. The molecule has 1 atom stereocenters. The normalized spacial score (nSPS) is 22.0. The van der Waals surface area contributed by atoms with Crippen molar-refractivity contribution in [3.05, 3.63) is 17.0 Å². The van der Waals surface area contributed by atoms with Crippen LogP contribution in [0.25, 0.3) is 0 Å². The first-order valence-electron chi connectivity index (χ1n) is 4.57. The van der Waals surface area contributed by atoms with Crippen LogP contribution >= 0.6 is 0 Å². The van der Waals surface area contributed by atoms with Gasteiger partial charge in [-0.3, -0.25) is 0 Å². The Morgan fingerprint density at radius 2 is 2.38 bits per heavy atom. The molecule has 0 aliphatic carbocycles. The number of rotatable bonds is 1. The summed E-state index contributed by atoms with van der Waals surface area (Å²) in [7, 11) is 0. The lowest BCUT2D eigenvalue weighted by molar-refractivity contribution is 0.158. The molecule has 0 spiro atoms. The predicted octanol–water partition coefficient (Wildman–Crippen LogP) is 0.935. The van der Waals surface area contributed by atoms with Gasteiger partial charge >= 0.3 is 0 Å². The van der Waals surface area contributed by atoms with Gasteiger partial charge in [-0.05, 0) is 5.92 Å². The summed E-state index contributed by atoms with van der Waals surface area (Å²) in [5.74, 6) is 1.09. The molecule has 1 unspecified atom stereocenters. The fourth-order valence-corrected chi connectivity index (χ4v) is 1.67. The van der Waals surface area contributed by atoms with Crippen molar-refractivity contribution in [1.82, 2.24) is 10.5 Å². The van der Waals surface area contributed by atoms with Crippen molar-refractivity contribution in [2.24, 2.45) is 0 Å². The maximum Gasteiger partial charge on any atom is 0.156 e. The van der Waals surface area contributed by atoms with Crippen LogP contribution in [0.3, 0.4) is 0 Å². The Bertz CT molecular complexity index is 307. The Labute approximate surface area is 76.9 Å². The average molecular weight is 182 g/mol. The van der Waals surface area contributed by atoms with Crippen molar-refractivity contribution < 1.29 is 9.63 Å². The second-order valence-electron chi connectivity index (χ2n) is 3.71. The van der Waals surface area contributed by atoms with Crippen molar-refractivity contribution in [2.45, 2.75) is 32.4 Å².